The lowest BCUT2D eigenvalue weighted by atomic mass is 10.1. The third kappa shape index (κ3) is 4.50. The van der Waals surface area contributed by atoms with Gasteiger partial charge in [0.2, 0.25) is 5.95 Å². The minimum absolute atomic E-state index is 0.0651. The molecule has 2 heterocycles. The fourth-order valence-electron chi connectivity index (χ4n) is 2.77. The Morgan fingerprint density at radius 3 is 2.55 bits per heavy atom. The minimum atomic E-state index is -4.62. The van der Waals surface area contributed by atoms with Crippen molar-refractivity contribution in [2.75, 3.05) is 5.32 Å². The van der Waals surface area contributed by atoms with E-state index < -0.39 is 23.8 Å². The van der Waals surface area contributed by atoms with Crippen LogP contribution in [0.3, 0.4) is 0 Å². The molecule has 29 heavy (non-hydrogen) atoms. The summed E-state index contributed by atoms with van der Waals surface area (Å²) < 4.78 is 41.5. The van der Waals surface area contributed by atoms with Gasteiger partial charge >= 0.3 is 6.18 Å². The summed E-state index contributed by atoms with van der Waals surface area (Å²) in [5, 5.41) is 10.3. The Bertz CT molecular complexity index is 1040. The van der Waals surface area contributed by atoms with E-state index in [9.17, 15) is 18.0 Å². The highest BCUT2D eigenvalue weighted by molar-refractivity contribution is 9.10. The van der Waals surface area contributed by atoms with Crippen LogP contribution >= 0.6 is 15.9 Å². The van der Waals surface area contributed by atoms with Gasteiger partial charge in [-0.15, -0.1) is 5.10 Å². The van der Waals surface area contributed by atoms with E-state index in [4.69, 9.17) is 0 Å². The number of aryl methyl sites for hydroxylation is 1. The molecule has 0 saturated carbocycles. The van der Waals surface area contributed by atoms with E-state index in [0.29, 0.717) is 6.54 Å². The number of aromatic nitrogens is 5. The number of alkyl halides is 3. The van der Waals surface area contributed by atoms with Gasteiger partial charge in [-0.2, -0.15) is 18.3 Å². The first-order chi connectivity index (χ1) is 13.6. The monoisotopic (exact) mass is 470 g/mol. The second kappa shape index (κ2) is 7.97. The summed E-state index contributed by atoms with van der Waals surface area (Å²) in [7, 11) is 0. The summed E-state index contributed by atoms with van der Waals surface area (Å²) in [6.07, 6.45) is -3.15. The number of anilines is 1. The van der Waals surface area contributed by atoms with Gasteiger partial charge in [0.25, 0.3) is 5.91 Å². The minimum Gasteiger partial charge on any atom is -0.291 e. The predicted molar refractivity (Wildman–Crippen MR) is 103 cm³/mol. The first kappa shape index (κ1) is 21.0. The van der Waals surface area contributed by atoms with Crippen LogP contribution in [0.2, 0.25) is 0 Å². The van der Waals surface area contributed by atoms with Gasteiger partial charge < -0.3 is 0 Å². The van der Waals surface area contributed by atoms with Gasteiger partial charge in [0.15, 0.2) is 5.69 Å². The van der Waals surface area contributed by atoms with E-state index in [2.05, 4.69) is 36.4 Å². The molecule has 154 valence electrons. The normalized spacial score (nSPS) is 12.8. The number of hydrogen-bond acceptors (Lipinski definition) is 4. The number of hydrogen-bond donors (Lipinski definition) is 1. The molecule has 1 atom stereocenters. The summed E-state index contributed by atoms with van der Waals surface area (Å²) in [5.41, 5.74) is 1.27. The van der Waals surface area contributed by atoms with Gasteiger partial charge in [0, 0.05) is 0 Å². The smallest absolute Gasteiger partial charge is 0.291 e. The van der Waals surface area contributed by atoms with Crippen LogP contribution in [0.1, 0.15) is 35.5 Å². The van der Waals surface area contributed by atoms with Crippen molar-refractivity contribution in [3.05, 3.63) is 57.6 Å². The average Bonchev–Trinajstić information content (AvgIpc) is 3.21. The largest absolute Gasteiger partial charge is 0.436 e. The summed E-state index contributed by atoms with van der Waals surface area (Å²) in [4.78, 5) is 16.5. The predicted octanol–water partition coefficient (Wildman–Crippen LogP) is 4.12. The molecule has 0 aliphatic rings. The number of rotatable bonds is 5. The second-order valence-electron chi connectivity index (χ2n) is 6.55. The summed E-state index contributed by atoms with van der Waals surface area (Å²) in [6, 6.07) is 6.81. The maximum atomic E-state index is 13.0. The summed E-state index contributed by atoms with van der Waals surface area (Å²) in [6.45, 7) is 5.36. The van der Waals surface area contributed by atoms with Gasteiger partial charge in [-0.25, -0.2) is 9.67 Å². The molecule has 1 unspecified atom stereocenters. The highest BCUT2D eigenvalue weighted by Gasteiger charge is 2.39. The topological polar surface area (TPSA) is 77.6 Å². The molecule has 3 rings (SSSR count). The van der Waals surface area contributed by atoms with Crippen molar-refractivity contribution in [2.24, 2.45) is 0 Å². The molecule has 0 aliphatic heterocycles. The lowest BCUT2D eigenvalue weighted by molar-refractivity contribution is -0.142. The van der Waals surface area contributed by atoms with Crippen LogP contribution in [0.25, 0.3) is 0 Å². The number of halogens is 4. The Hall–Kier alpha value is -2.69. The molecular formula is C18H18BrF3N6O. The average molecular weight is 471 g/mol. The molecule has 1 N–H and O–H groups in total. The first-order valence-electron chi connectivity index (χ1n) is 8.64. The zero-order valence-corrected chi connectivity index (χ0v) is 17.4. The van der Waals surface area contributed by atoms with Crippen molar-refractivity contribution >= 4 is 27.8 Å². The number of carbonyl (C=O) groups excluding carboxylic acids is 1. The molecule has 0 bridgehead atoms. The molecule has 0 radical (unpaired) electrons. The van der Waals surface area contributed by atoms with Crippen LogP contribution in [0, 0.1) is 13.8 Å². The van der Waals surface area contributed by atoms with Crippen molar-refractivity contribution in [2.45, 2.75) is 39.5 Å². The van der Waals surface area contributed by atoms with Crippen molar-refractivity contribution in [1.82, 2.24) is 24.5 Å². The molecule has 11 heteroatoms. The van der Waals surface area contributed by atoms with Gasteiger partial charge in [0.1, 0.15) is 12.4 Å². The highest BCUT2D eigenvalue weighted by atomic mass is 79.9. The fraction of sp³-hybridized carbons (Fsp3) is 0.333. The van der Waals surface area contributed by atoms with E-state index in [1.54, 1.807) is 4.68 Å². The maximum Gasteiger partial charge on any atom is 0.436 e. The molecule has 0 aliphatic carbocycles. The lowest BCUT2D eigenvalue weighted by Gasteiger charge is -2.13. The molecule has 0 saturated heterocycles. The number of carbonyl (C=O) groups is 1. The van der Waals surface area contributed by atoms with Crippen molar-refractivity contribution in [3.63, 3.8) is 0 Å². The number of nitrogens with zero attached hydrogens (tertiary/aromatic N) is 5. The van der Waals surface area contributed by atoms with Gasteiger partial charge in [0.05, 0.1) is 16.7 Å². The first-order valence-corrected chi connectivity index (χ1v) is 9.44. The third-order valence-corrected chi connectivity index (χ3v) is 5.41. The van der Waals surface area contributed by atoms with E-state index in [1.165, 1.54) is 20.2 Å². The zero-order valence-electron chi connectivity index (χ0n) is 15.8. The lowest BCUT2D eigenvalue weighted by Crippen LogP contribution is -2.26. The van der Waals surface area contributed by atoms with Crippen molar-refractivity contribution in [3.8, 4) is 0 Å². The van der Waals surface area contributed by atoms with Crippen LogP contribution in [-0.2, 0) is 17.5 Å². The Kier molecular flexibility index (Phi) is 5.78. The van der Waals surface area contributed by atoms with Gasteiger partial charge in [-0.05, 0) is 47.8 Å². The quantitative estimate of drug-likeness (QED) is 0.608. The van der Waals surface area contributed by atoms with Crippen LogP contribution in [-0.4, -0.2) is 30.5 Å². The Labute approximate surface area is 173 Å². The Morgan fingerprint density at radius 2 is 1.93 bits per heavy atom. The molecule has 1 aromatic carbocycles. The van der Waals surface area contributed by atoms with Crippen LogP contribution in [0.15, 0.2) is 35.1 Å². The highest BCUT2D eigenvalue weighted by Crippen LogP contribution is 2.36. The van der Waals surface area contributed by atoms with E-state index in [1.807, 2.05) is 31.2 Å². The zero-order chi connectivity index (χ0) is 21.3. The summed E-state index contributed by atoms with van der Waals surface area (Å²) in [5.74, 6) is -0.513. The molecule has 0 fully saturated rings. The maximum absolute atomic E-state index is 13.0. The van der Waals surface area contributed by atoms with E-state index in [-0.39, 0.29) is 16.1 Å². The molecule has 3 aromatic rings. The number of nitrogens with one attached hydrogen (secondary N) is 1. The SMILES string of the molecule is Cc1ccccc1Cn1cnc(NC(=O)C(C)n2nc(C(F)(F)F)c(Br)c2C)n1. The second-order valence-corrected chi connectivity index (χ2v) is 7.34. The number of benzene rings is 1. The molecule has 1 amide bonds. The molecule has 0 spiro atoms. The van der Waals surface area contributed by atoms with Gasteiger partial charge in [-0.3, -0.25) is 14.8 Å². The van der Waals surface area contributed by atoms with Crippen LogP contribution in [0.5, 0.6) is 0 Å². The van der Waals surface area contributed by atoms with Crippen molar-refractivity contribution < 1.29 is 18.0 Å². The molecule has 2 aromatic heterocycles. The Morgan fingerprint density at radius 1 is 1.24 bits per heavy atom. The third-order valence-electron chi connectivity index (χ3n) is 4.46. The fourth-order valence-corrected chi connectivity index (χ4v) is 3.26. The van der Waals surface area contributed by atoms with E-state index in [0.717, 1.165) is 15.8 Å². The van der Waals surface area contributed by atoms with E-state index >= 15 is 0 Å². The van der Waals surface area contributed by atoms with Crippen LogP contribution in [0.4, 0.5) is 19.1 Å². The standard InChI is InChI=1S/C18H18BrF3N6O/c1-10-6-4-5-7-13(10)8-27-9-23-17(26-27)24-16(29)12(3)28-11(2)14(19)15(25-28)18(20,21)22/h4-7,9,12H,8H2,1-3H3,(H,24,26,29). The number of amides is 1. The van der Waals surface area contributed by atoms with Crippen molar-refractivity contribution in [1.29, 1.82) is 0 Å². The summed E-state index contributed by atoms with van der Waals surface area (Å²) >= 11 is 2.90. The molecular weight excluding hydrogens is 453 g/mol. The molecule has 7 nitrogen and oxygen atoms in total. The van der Waals surface area contributed by atoms with Crippen LogP contribution < -0.4 is 5.32 Å². The Balaban J connectivity index is 1.73. The van der Waals surface area contributed by atoms with Gasteiger partial charge in [-0.1, -0.05) is 24.3 Å².